The number of amides is 2. The van der Waals surface area contributed by atoms with Gasteiger partial charge in [0.05, 0.1) is 41.1 Å². The maximum atomic E-state index is 13.5. The van der Waals surface area contributed by atoms with Crippen LogP contribution in [0.5, 0.6) is 0 Å². The van der Waals surface area contributed by atoms with Crippen LogP contribution in [0.1, 0.15) is 18.4 Å². The first-order chi connectivity index (χ1) is 15.8. The van der Waals surface area contributed by atoms with E-state index in [0.29, 0.717) is 18.1 Å². The Bertz CT molecular complexity index is 1220. The molecule has 0 spiro atoms. The van der Waals surface area contributed by atoms with Crippen molar-refractivity contribution in [2.24, 2.45) is 0 Å². The Labute approximate surface area is 186 Å². The number of piperidine rings is 1. The predicted octanol–water partition coefficient (Wildman–Crippen LogP) is 4.72. The van der Waals surface area contributed by atoms with Crippen molar-refractivity contribution in [1.29, 1.82) is 0 Å². The molecule has 11 heteroatoms. The smallest absolute Gasteiger partial charge is 0.366 e. The van der Waals surface area contributed by atoms with E-state index in [1.807, 2.05) is 0 Å². The molecule has 2 aliphatic heterocycles. The Balaban J connectivity index is 1.55. The number of hydrogen-bond donors (Lipinski definition) is 1. The minimum absolute atomic E-state index is 0.185. The number of carbonyl (C=O) groups is 1. The standard InChI is InChI=1S/C22H18F4N6O/c23-15-7-16(11-28-10-15)29-21(33)32-17-2-1-5-31(12-17)19-4-3-18(30-20(19)32)13-6-14(9-27-8-13)22(24,25)26/h3-4,6-11,17H,1-2,5,12H2,(H,29,33)/t17-/m0/s1. The summed E-state index contributed by atoms with van der Waals surface area (Å²) in [6.45, 7) is 1.40. The van der Waals surface area contributed by atoms with E-state index in [1.54, 1.807) is 12.1 Å². The van der Waals surface area contributed by atoms with Crippen LogP contribution in [-0.4, -0.2) is 40.1 Å². The van der Waals surface area contributed by atoms with Crippen LogP contribution in [0.3, 0.4) is 0 Å². The molecule has 0 radical (unpaired) electrons. The predicted molar refractivity (Wildman–Crippen MR) is 113 cm³/mol. The van der Waals surface area contributed by atoms with Crippen molar-refractivity contribution in [3.63, 3.8) is 0 Å². The average Bonchev–Trinajstić information content (AvgIpc) is 2.78. The summed E-state index contributed by atoms with van der Waals surface area (Å²) < 4.78 is 53.0. The van der Waals surface area contributed by atoms with Gasteiger partial charge in [0.2, 0.25) is 0 Å². The Morgan fingerprint density at radius 3 is 2.70 bits per heavy atom. The Morgan fingerprint density at radius 1 is 1.09 bits per heavy atom. The van der Waals surface area contributed by atoms with Gasteiger partial charge >= 0.3 is 12.2 Å². The average molecular weight is 458 g/mol. The molecule has 1 fully saturated rings. The molecular weight excluding hydrogens is 440 g/mol. The molecule has 2 bridgehead atoms. The fourth-order valence-electron chi connectivity index (χ4n) is 4.24. The molecule has 0 aliphatic carbocycles. The van der Waals surface area contributed by atoms with Crippen LogP contribution in [0.4, 0.5) is 39.5 Å². The lowest BCUT2D eigenvalue weighted by atomic mass is 9.99. The van der Waals surface area contributed by atoms with Gasteiger partial charge in [-0.25, -0.2) is 14.2 Å². The molecule has 5 heterocycles. The largest absolute Gasteiger partial charge is 0.417 e. The Hall–Kier alpha value is -3.76. The number of halogens is 4. The van der Waals surface area contributed by atoms with Gasteiger partial charge in [0.25, 0.3) is 0 Å². The quantitative estimate of drug-likeness (QED) is 0.563. The first kappa shape index (κ1) is 21.1. The van der Waals surface area contributed by atoms with E-state index in [9.17, 15) is 22.4 Å². The van der Waals surface area contributed by atoms with Crippen LogP contribution >= 0.6 is 0 Å². The van der Waals surface area contributed by atoms with E-state index in [0.717, 1.165) is 43.9 Å². The van der Waals surface area contributed by atoms with Gasteiger partial charge in [0, 0.05) is 37.1 Å². The normalized spacial score (nSPS) is 17.5. The first-order valence-corrected chi connectivity index (χ1v) is 10.3. The highest BCUT2D eigenvalue weighted by Gasteiger charge is 2.38. The molecule has 1 N–H and O–H groups in total. The monoisotopic (exact) mass is 458 g/mol. The van der Waals surface area contributed by atoms with Crippen molar-refractivity contribution < 1.29 is 22.4 Å². The molecule has 7 nitrogen and oxygen atoms in total. The third-order valence-electron chi connectivity index (χ3n) is 5.72. The van der Waals surface area contributed by atoms with Crippen molar-refractivity contribution >= 4 is 23.2 Å². The zero-order valence-electron chi connectivity index (χ0n) is 17.2. The first-order valence-electron chi connectivity index (χ1n) is 10.3. The molecule has 0 unspecified atom stereocenters. The van der Waals surface area contributed by atoms with Crippen molar-refractivity contribution in [3.8, 4) is 11.3 Å². The summed E-state index contributed by atoms with van der Waals surface area (Å²) in [6.07, 6.45) is 1.49. The number of nitrogens with zero attached hydrogens (tertiary/aromatic N) is 5. The molecule has 3 aromatic rings. The van der Waals surface area contributed by atoms with Gasteiger partial charge in [-0.05, 0) is 31.0 Å². The minimum Gasteiger partial charge on any atom is -0.366 e. The summed E-state index contributed by atoms with van der Waals surface area (Å²) in [4.78, 5) is 28.9. The lowest BCUT2D eigenvalue weighted by Gasteiger charge is -2.45. The molecule has 5 rings (SSSR count). The van der Waals surface area contributed by atoms with E-state index in [1.165, 1.54) is 17.3 Å². The molecular formula is C22H18F4N6O. The molecule has 0 aromatic carbocycles. The van der Waals surface area contributed by atoms with Crippen molar-refractivity contribution in [3.05, 3.63) is 60.4 Å². The number of pyridine rings is 3. The van der Waals surface area contributed by atoms with E-state index in [-0.39, 0.29) is 23.0 Å². The topological polar surface area (TPSA) is 74.2 Å². The van der Waals surface area contributed by atoms with Gasteiger partial charge in [-0.3, -0.25) is 14.9 Å². The van der Waals surface area contributed by atoms with Crippen molar-refractivity contribution in [1.82, 2.24) is 15.0 Å². The summed E-state index contributed by atoms with van der Waals surface area (Å²) >= 11 is 0. The Kier molecular flexibility index (Phi) is 5.10. The summed E-state index contributed by atoms with van der Waals surface area (Å²) in [6, 6.07) is 4.81. The highest BCUT2D eigenvalue weighted by molar-refractivity contribution is 6.04. The molecule has 3 aromatic heterocycles. The molecule has 2 aliphatic rings. The molecule has 1 atom stereocenters. The summed E-state index contributed by atoms with van der Waals surface area (Å²) in [5, 5.41) is 2.65. The van der Waals surface area contributed by atoms with E-state index < -0.39 is 23.6 Å². The van der Waals surface area contributed by atoms with E-state index >= 15 is 0 Å². The summed E-state index contributed by atoms with van der Waals surface area (Å²) in [5.41, 5.74) is 0.473. The lowest BCUT2D eigenvalue weighted by Crippen LogP contribution is -2.56. The zero-order chi connectivity index (χ0) is 23.2. The van der Waals surface area contributed by atoms with Crippen LogP contribution in [0.2, 0.25) is 0 Å². The summed E-state index contributed by atoms with van der Waals surface area (Å²) in [5.74, 6) is -0.254. The highest BCUT2D eigenvalue weighted by Crippen LogP contribution is 2.40. The van der Waals surface area contributed by atoms with Crippen molar-refractivity contribution in [2.75, 3.05) is 28.2 Å². The maximum Gasteiger partial charge on any atom is 0.417 e. The second-order valence-corrected chi connectivity index (χ2v) is 7.93. The van der Waals surface area contributed by atoms with E-state index in [4.69, 9.17) is 0 Å². The fraction of sp³-hybridized carbons (Fsp3) is 0.273. The number of fused-ring (bicyclic) bond motifs is 4. The van der Waals surface area contributed by atoms with Crippen LogP contribution in [-0.2, 0) is 6.18 Å². The van der Waals surface area contributed by atoms with Gasteiger partial charge in [-0.15, -0.1) is 0 Å². The zero-order valence-corrected chi connectivity index (χ0v) is 17.2. The third kappa shape index (κ3) is 4.06. The second kappa shape index (κ2) is 7.98. The van der Waals surface area contributed by atoms with Crippen molar-refractivity contribution in [2.45, 2.75) is 25.1 Å². The number of urea groups is 1. The summed E-state index contributed by atoms with van der Waals surface area (Å²) in [7, 11) is 0. The van der Waals surface area contributed by atoms with Crippen LogP contribution < -0.4 is 15.1 Å². The van der Waals surface area contributed by atoms with Crippen LogP contribution in [0.15, 0.2) is 49.1 Å². The number of hydrogen-bond acceptors (Lipinski definition) is 5. The number of carbonyl (C=O) groups excluding carboxylic acids is 1. The molecule has 33 heavy (non-hydrogen) atoms. The molecule has 170 valence electrons. The maximum absolute atomic E-state index is 13.5. The number of rotatable bonds is 2. The number of aromatic nitrogens is 3. The molecule has 2 amide bonds. The van der Waals surface area contributed by atoms with Crippen LogP contribution in [0.25, 0.3) is 11.3 Å². The van der Waals surface area contributed by atoms with Gasteiger partial charge in [0.1, 0.15) is 5.82 Å². The fourth-order valence-corrected chi connectivity index (χ4v) is 4.24. The van der Waals surface area contributed by atoms with Gasteiger partial charge < -0.3 is 10.2 Å². The third-order valence-corrected chi connectivity index (χ3v) is 5.72. The Morgan fingerprint density at radius 2 is 1.91 bits per heavy atom. The van der Waals surface area contributed by atoms with E-state index in [2.05, 4.69) is 25.2 Å². The van der Waals surface area contributed by atoms with Crippen LogP contribution in [0, 0.1) is 5.82 Å². The highest BCUT2D eigenvalue weighted by atomic mass is 19.4. The second-order valence-electron chi connectivity index (χ2n) is 7.93. The van der Waals surface area contributed by atoms with Gasteiger partial charge in [-0.2, -0.15) is 13.2 Å². The molecule has 0 saturated carbocycles. The lowest BCUT2D eigenvalue weighted by molar-refractivity contribution is -0.137. The SMILES string of the molecule is O=C(Nc1cncc(F)c1)N1c2nc(-c3cncc(C(F)(F)F)c3)ccc2N2CCC[C@H]1C2. The van der Waals surface area contributed by atoms with Gasteiger partial charge in [-0.1, -0.05) is 0 Å². The minimum atomic E-state index is -4.54. The van der Waals surface area contributed by atoms with Gasteiger partial charge in [0.15, 0.2) is 5.82 Å². The molecule has 1 saturated heterocycles. The number of nitrogens with one attached hydrogen (secondary N) is 1. The number of anilines is 3. The number of alkyl halides is 3.